The summed E-state index contributed by atoms with van der Waals surface area (Å²) in [4.78, 5) is 21.1. The van der Waals surface area contributed by atoms with Crippen LogP contribution < -0.4 is 5.73 Å². The second-order valence-corrected chi connectivity index (χ2v) is 3.29. The quantitative estimate of drug-likeness (QED) is 0.838. The molecule has 8 heteroatoms. The molecule has 0 aliphatic carbocycles. The van der Waals surface area contributed by atoms with Crippen LogP contribution in [0, 0.1) is 0 Å². The first-order chi connectivity index (χ1) is 7.73. The molecule has 1 aromatic heterocycles. The van der Waals surface area contributed by atoms with Gasteiger partial charge in [0.15, 0.2) is 0 Å². The van der Waals surface area contributed by atoms with E-state index in [0.29, 0.717) is 4.57 Å². The number of rotatable bonds is 4. The Morgan fingerprint density at radius 1 is 1.41 bits per heavy atom. The number of carboxylic acid groups (broad SMARTS) is 1. The molecule has 1 aromatic rings. The highest BCUT2D eigenvalue weighted by molar-refractivity contribution is 5.89. The number of alkyl halides is 3. The second-order valence-electron chi connectivity index (χ2n) is 3.29. The van der Waals surface area contributed by atoms with E-state index in [2.05, 4.69) is 0 Å². The molecule has 3 N–H and O–H groups in total. The molecule has 0 bridgehead atoms. The molecule has 1 rings (SSSR count). The van der Waals surface area contributed by atoms with Gasteiger partial charge in [0.1, 0.15) is 5.69 Å². The fourth-order valence-corrected chi connectivity index (χ4v) is 1.38. The lowest BCUT2D eigenvalue weighted by atomic mass is 10.2. The fourth-order valence-electron chi connectivity index (χ4n) is 1.38. The highest BCUT2D eigenvalue weighted by Crippen LogP contribution is 2.33. The maximum absolute atomic E-state index is 12.6. The minimum absolute atomic E-state index is 0.295. The zero-order chi connectivity index (χ0) is 13.2. The molecular weight excluding hydrogens is 241 g/mol. The number of nitrogens with two attached hydrogens (primary N) is 1. The summed E-state index contributed by atoms with van der Waals surface area (Å²) in [5.74, 6) is -2.43. The normalized spacial score (nSPS) is 11.5. The number of aryl methyl sites for hydroxylation is 1. The largest absolute Gasteiger partial charge is 0.478 e. The molecule has 17 heavy (non-hydrogen) atoms. The van der Waals surface area contributed by atoms with Gasteiger partial charge in [-0.1, -0.05) is 0 Å². The first-order valence-electron chi connectivity index (χ1n) is 4.51. The van der Waals surface area contributed by atoms with Gasteiger partial charge in [0, 0.05) is 19.2 Å². The van der Waals surface area contributed by atoms with Gasteiger partial charge in [0.05, 0.1) is 5.56 Å². The fraction of sp³-hybridized carbons (Fsp3) is 0.333. The number of carbonyl (C=O) groups excluding carboxylic acids is 1. The first-order valence-corrected chi connectivity index (χ1v) is 4.51. The van der Waals surface area contributed by atoms with Crippen LogP contribution in [0.15, 0.2) is 12.3 Å². The Labute approximate surface area is 93.6 Å². The van der Waals surface area contributed by atoms with E-state index in [0.717, 1.165) is 12.3 Å². The van der Waals surface area contributed by atoms with Crippen molar-refractivity contribution in [1.29, 1.82) is 0 Å². The van der Waals surface area contributed by atoms with E-state index in [4.69, 9.17) is 10.8 Å². The predicted molar refractivity (Wildman–Crippen MR) is 50.2 cm³/mol. The lowest BCUT2D eigenvalue weighted by molar-refractivity contribution is -0.144. The molecule has 0 aliphatic heterocycles. The number of hydrogen-bond donors (Lipinski definition) is 2. The molecule has 0 spiro atoms. The zero-order valence-corrected chi connectivity index (χ0v) is 8.49. The Kier molecular flexibility index (Phi) is 3.45. The highest BCUT2D eigenvalue weighted by atomic mass is 19.4. The minimum atomic E-state index is -4.80. The number of halogens is 3. The SMILES string of the molecule is NC(=O)CCn1ccc(C(=O)O)c1C(F)(F)F. The van der Waals surface area contributed by atoms with Gasteiger partial charge in [-0.25, -0.2) is 4.79 Å². The lowest BCUT2D eigenvalue weighted by Crippen LogP contribution is -2.20. The standard InChI is InChI=1S/C9H9F3N2O3/c10-9(11,12)7-5(8(16)17)1-3-14(7)4-2-6(13)15/h1,3H,2,4H2,(H2,13,15)(H,16,17). The van der Waals surface area contributed by atoms with E-state index >= 15 is 0 Å². The third kappa shape index (κ3) is 2.99. The van der Waals surface area contributed by atoms with Gasteiger partial charge in [0.25, 0.3) is 0 Å². The average Bonchev–Trinajstić information content (AvgIpc) is 2.57. The number of aromatic carboxylic acids is 1. The number of nitrogens with zero attached hydrogens (tertiary/aromatic N) is 1. The van der Waals surface area contributed by atoms with E-state index in [9.17, 15) is 22.8 Å². The Morgan fingerprint density at radius 2 is 2.00 bits per heavy atom. The first kappa shape index (κ1) is 13.1. The molecule has 0 saturated heterocycles. The molecule has 1 heterocycles. The van der Waals surface area contributed by atoms with Gasteiger partial charge in [-0.05, 0) is 6.07 Å². The summed E-state index contributed by atoms with van der Waals surface area (Å²) in [7, 11) is 0. The van der Waals surface area contributed by atoms with Crippen molar-refractivity contribution in [2.45, 2.75) is 19.1 Å². The molecule has 0 fully saturated rings. The van der Waals surface area contributed by atoms with Crippen molar-refractivity contribution in [3.63, 3.8) is 0 Å². The Bertz CT molecular complexity index is 451. The third-order valence-corrected chi connectivity index (χ3v) is 2.06. The van der Waals surface area contributed by atoms with Crippen molar-refractivity contribution in [3.05, 3.63) is 23.5 Å². The summed E-state index contributed by atoms with van der Waals surface area (Å²) in [6.07, 6.45) is -4.12. The summed E-state index contributed by atoms with van der Waals surface area (Å²) < 4.78 is 38.5. The van der Waals surface area contributed by atoms with Crippen molar-refractivity contribution in [3.8, 4) is 0 Å². The van der Waals surface area contributed by atoms with Gasteiger partial charge in [-0.15, -0.1) is 0 Å². The van der Waals surface area contributed by atoms with E-state index in [-0.39, 0.29) is 13.0 Å². The topological polar surface area (TPSA) is 85.3 Å². The summed E-state index contributed by atoms with van der Waals surface area (Å²) in [6.45, 7) is -0.308. The van der Waals surface area contributed by atoms with Crippen LogP contribution in [0.2, 0.25) is 0 Å². The van der Waals surface area contributed by atoms with E-state index < -0.39 is 29.3 Å². The van der Waals surface area contributed by atoms with Crippen molar-refractivity contribution in [2.24, 2.45) is 5.73 Å². The Morgan fingerprint density at radius 3 is 2.41 bits per heavy atom. The molecule has 0 aliphatic rings. The van der Waals surface area contributed by atoms with Crippen LogP contribution in [0.3, 0.4) is 0 Å². The van der Waals surface area contributed by atoms with Crippen molar-refractivity contribution in [2.75, 3.05) is 0 Å². The molecule has 0 radical (unpaired) electrons. The van der Waals surface area contributed by atoms with Crippen molar-refractivity contribution in [1.82, 2.24) is 4.57 Å². The smallest absolute Gasteiger partial charge is 0.432 e. The van der Waals surface area contributed by atoms with Gasteiger partial charge in [0.2, 0.25) is 5.91 Å². The molecular formula is C9H9F3N2O3. The summed E-state index contributed by atoms with van der Waals surface area (Å²) in [5, 5.41) is 8.61. The van der Waals surface area contributed by atoms with Crippen LogP contribution in [0.1, 0.15) is 22.5 Å². The van der Waals surface area contributed by atoms with E-state index in [1.807, 2.05) is 0 Å². The number of aromatic nitrogens is 1. The number of primary amides is 1. The molecule has 0 saturated carbocycles. The number of amides is 1. The van der Waals surface area contributed by atoms with Gasteiger partial charge in [-0.3, -0.25) is 4.79 Å². The van der Waals surface area contributed by atoms with E-state index in [1.54, 1.807) is 0 Å². The van der Waals surface area contributed by atoms with Gasteiger partial charge in [-0.2, -0.15) is 13.2 Å². The summed E-state index contributed by atoms with van der Waals surface area (Å²) in [6, 6.07) is 0.839. The van der Waals surface area contributed by atoms with Crippen LogP contribution >= 0.6 is 0 Å². The van der Waals surface area contributed by atoms with Crippen molar-refractivity contribution < 1.29 is 27.9 Å². The summed E-state index contributed by atoms with van der Waals surface area (Å²) >= 11 is 0. The third-order valence-electron chi connectivity index (χ3n) is 2.06. The van der Waals surface area contributed by atoms with Gasteiger partial charge < -0.3 is 15.4 Å². The molecule has 0 unspecified atom stereocenters. The lowest BCUT2D eigenvalue weighted by Gasteiger charge is -2.12. The summed E-state index contributed by atoms with van der Waals surface area (Å²) in [5.41, 5.74) is 2.68. The van der Waals surface area contributed by atoms with Crippen LogP contribution in [-0.2, 0) is 17.5 Å². The molecule has 1 amide bonds. The maximum atomic E-state index is 12.6. The highest BCUT2D eigenvalue weighted by Gasteiger charge is 2.39. The zero-order valence-electron chi connectivity index (χ0n) is 8.49. The number of hydrogen-bond acceptors (Lipinski definition) is 2. The number of carboxylic acids is 1. The number of carbonyl (C=O) groups is 2. The van der Waals surface area contributed by atoms with E-state index in [1.165, 1.54) is 0 Å². The molecule has 5 nitrogen and oxygen atoms in total. The van der Waals surface area contributed by atoms with Crippen LogP contribution in [0.4, 0.5) is 13.2 Å². The molecule has 0 aromatic carbocycles. The minimum Gasteiger partial charge on any atom is -0.478 e. The Hall–Kier alpha value is -1.99. The molecule has 0 atom stereocenters. The maximum Gasteiger partial charge on any atom is 0.432 e. The van der Waals surface area contributed by atoms with Crippen LogP contribution in [-0.4, -0.2) is 21.6 Å². The average molecular weight is 250 g/mol. The van der Waals surface area contributed by atoms with Gasteiger partial charge >= 0.3 is 12.1 Å². The van der Waals surface area contributed by atoms with Crippen LogP contribution in [0.25, 0.3) is 0 Å². The van der Waals surface area contributed by atoms with Crippen molar-refractivity contribution >= 4 is 11.9 Å². The molecule has 94 valence electrons. The monoisotopic (exact) mass is 250 g/mol. The Balaban J connectivity index is 3.14. The second kappa shape index (κ2) is 4.48. The van der Waals surface area contributed by atoms with Crippen LogP contribution in [0.5, 0.6) is 0 Å². The predicted octanol–water partition coefficient (Wildman–Crippen LogP) is 1.08.